The summed E-state index contributed by atoms with van der Waals surface area (Å²) >= 11 is 1.55. The second kappa shape index (κ2) is 7.54. The van der Waals surface area contributed by atoms with Crippen molar-refractivity contribution in [3.63, 3.8) is 0 Å². The van der Waals surface area contributed by atoms with Gasteiger partial charge in [0, 0.05) is 24.4 Å². The number of carbonyl (C=O) groups excluding carboxylic acids is 1. The maximum Gasteiger partial charge on any atom is 0.225 e. The number of pyridine rings is 1. The molecule has 1 heterocycles. The molecule has 2 rings (SSSR count). The van der Waals surface area contributed by atoms with Crippen molar-refractivity contribution in [2.75, 3.05) is 23.9 Å². The van der Waals surface area contributed by atoms with Crippen molar-refractivity contribution in [3.05, 3.63) is 42.6 Å². The van der Waals surface area contributed by atoms with E-state index in [9.17, 15) is 4.79 Å². The summed E-state index contributed by atoms with van der Waals surface area (Å²) in [5, 5.41) is 3.71. The standard InChI is InChI=1S/C15H17N3O2S/c1-20-11-5-6-13(12(16)10-11)18-14(19)7-9-21-15-4-2-3-8-17-15/h2-6,8,10H,7,9,16H2,1H3,(H,18,19). The Morgan fingerprint density at radius 1 is 1.38 bits per heavy atom. The smallest absolute Gasteiger partial charge is 0.225 e. The summed E-state index contributed by atoms with van der Waals surface area (Å²) in [5.74, 6) is 1.25. The number of methoxy groups -OCH3 is 1. The van der Waals surface area contributed by atoms with Gasteiger partial charge in [0.25, 0.3) is 0 Å². The van der Waals surface area contributed by atoms with E-state index >= 15 is 0 Å². The van der Waals surface area contributed by atoms with Gasteiger partial charge >= 0.3 is 0 Å². The highest BCUT2D eigenvalue weighted by atomic mass is 32.2. The van der Waals surface area contributed by atoms with Gasteiger partial charge in [0.1, 0.15) is 5.75 Å². The molecule has 0 radical (unpaired) electrons. The first-order chi connectivity index (χ1) is 10.2. The van der Waals surface area contributed by atoms with E-state index in [2.05, 4.69) is 10.3 Å². The topological polar surface area (TPSA) is 77.2 Å². The molecule has 1 aromatic carbocycles. The summed E-state index contributed by atoms with van der Waals surface area (Å²) in [6.07, 6.45) is 2.13. The number of aromatic nitrogens is 1. The number of thioether (sulfide) groups is 1. The molecule has 3 N–H and O–H groups in total. The SMILES string of the molecule is COc1ccc(NC(=O)CCSc2ccccn2)c(N)c1. The Morgan fingerprint density at radius 2 is 2.24 bits per heavy atom. The molecule has 0 saturated carbocycles. The fourth-order valence-electron chi connectivity index (χ4n) is 1.68. The lowest BCUT2D eigenvalue weighted by atomic mass is 10.2. The van der Waals surface area contributed by atoms with Gasteiger partial charge in [-0.2, -0.15) is 0 Å². The van der Waals surface area contributed by atoms with E-state index in [0.29, 0.717) is 29.3 Å². The maximum absolute atomic E-state index is 11.9. The van der Waals surface area contributed by atoms with Crippen molar-refractivity contribution in [2.45, 2.75) is 11.4 Å². The number of nitrogens with two attached hydrogens (primary N) is 1. The molecule has 0 aliphatic rings. The fraction of sp³-hybridized carbons (Fsp3) is 0.200. The number of nitrogens with zero attached hydrogens (tertiary/aromatic N) is 1. The zero-order valence-electron chi connectivity index (χ0n) is 11.7. The van der Waals surface area contributed by atoms with Gasteiger partial charge in [0.05, 0.1) is 23.5 Å². The molecule has 1 aromatic heterocycles. The molecule has 1 amide bonds. The second-order valence-corrected chi connectivity index (χ2v) is 5.38. The largest absolute Gasteiger partial charge is 0.497 e. The minimum Gasteiger partial charge on any atom is -0.497 e. The van der Waals surface area contributed by atoms with Gasteiger partial charge in [-0.3, -0.25) is 4.79 Å². The van der Waals surface area contributed by atoms with Crippen LogP contribution in [0.5, 0.6) is 5.75 Å². The number of ether oxygens (including phenoxy) is 1. The highest BCUT2D eigenvalue weighted by Crippen LogP contribution is 2.24. The van der Waals surface area contributed by atoms with Gasteiger partial charge in [-0.25, -0.2) is 4.98 Å². The van der Waals surface area contributed by atoms with Crippen molar-refractivity contribution in [2.24, 2.45) is 0 Å². The number of rotatable bonds is 6. The third-order valence-electron chi connectivity index (χ3n) is 2.75. The molecule has 0 aliphatic carbocycles. The van der Waals surface area contributed by atoms with Crippen molar-refractivity contribution in [1.29, 1.82) is 0 Å². The first kappa shape index (κ1) is 15.2. The molecule has 21 heavy (non-hydrogen) atoms. The highest BCUT2D eigenvalue weighted by molar-refractivity contribution is 7.99. The van der Waals surface area contributed by atoms with Gasteiger partial charge in [0.15, 0.2) is 0 Å². The minimum absolute atomic E-state index is 0.0738. The normalized spacial score (nSPS) is 10.1. The van der Waals surface area contributed by atoms with Crippen molar-refractivity contribution >= 4 is 29.0 Å². The molecule has 0 unspecified atom stereocenters. The minimum atomic E-state index is -0.0738. The monoisotopic (exact) mass is 303 g/mol. The molecule has 0 atom stereocenters. The van der Waals surface area contributed by atoms with Crippen LogP contribution in [0.4, 0.5) is 11.4 Å². The Hall–Kier alpha value is -2.21. The van der Waals surface area contributed by atoms with Crippen molar-refractivity contribution < 1.29 is 9.53 Å². The number of hydrogen-bond acceptors (Lipinski definition) is 5. The Labute approximate surface area is 127 Å². The summed E-state index contributed by atoms with van der Waals surface area (Å²) in [6, 6.07) is 10.9. The first-order valence-corrected chi connectivity index (χ1v) is 7.45. The van der Waals surface area contributed by atoms with Gasteiger partial charge in [-0.05, 0) is 24.3 Å². The first-order valence-electron chi connectivity index (χ1n) is 6.46. The molecule has 0 fully saturated rings. The summed E-state index contributed by atoms with van der Waals surface area (Å²) < 4.78 is 5.07. The van der Waals surface area contributed by atoms with Crippen molar-refractivity contribution in [1.82, 2.24) is 4.98 Å². The lowest BCUT2D eigenvalue weighted by Crippen LogP contribution is -2.13. The number of nitrogen functional groups attached to an aromatic ring is 1. The predicted octanol–water partition coefficient (Wildman–Crippen LogP) is 2.79. The fourth-order valence-corrected chi connectivity index (χ4v) is 2.48. The van der Waals surface area contributed by atoms with Crippen LogP contribution in [0.1, 0.15) is 6.42 Å². The Kier molecular flexibility index (Phi) is 5.45. The lowest BCUT2D eigenvalue weighted by molar-refractivity contribution is -0.115. The summed E-state index contributed by atoms with van der Waals surface area (Å²) in [5.41, 5.74) is 6.94. The number of benzene rings is 1. The van der Waals surface area contributed by atoms with Gasteiger partial charge < -0.3 is 15.8 Å². The van der Waals surface area contributed by atoms with E-state index in [1.165, 1.54) is 0 Å². The zero-order valence-corrected chi connectivity index (χ0v) is 12.5. The van der Waals surface area contributed by atoms with Crippen LogP contribution < -0.4 is 15.8 Å². The van der Waals surface area contributed by atoms with Gasteiger partial charge in [0.2, 0.25) is 5.91 Å². The van der Waals surface area contributed by atoms with Crippen LogP contribution in [0.2, 0.25) is 0 Å². The molecule has 5 nitrogen and oxygen atoms in total. The Bertz CT molecular complexity index is 605. The third-order valence-corrected chi connectivity index (χ3v) is 3.70. The van der Waals surface area contributed by atoms with Crippen LogP contribution >= 0.6 is 11.8 Å². The second-order valence-electron chi connectivity index (χ2n) is 4.27. The third kappa shape index (κ3) is 4.68. The average molecular weight is 303 g/mol. The van der Waals surface area contributed by atoms with Gasteiger partial charge in [-0.1, -0.05) is 6.07 Å². The summed E-state index contributed by atoms with van der Waals surface area (Å²) in [6.45, 7) is 0. The number of carbonyl (C=O) groups is 1. The van der Waals surface area contributed by atoms with E-state index in [1.54, 1.807) is 43.3 Å². The number of nitrogens with one attached hydrogen (secondary N) is 1. The highest BCUT2D eigenvalue weighted by Gasteiger charge is 2.06. The average Bonchev–Trinajstić information content (AvgIpc) is 2.50. The van der Waals surface area contributed by atoms with Crippen LogP contribution in [0, 0.1) is 0 Å². The molecule has 0 spiro atoms. The van der Waals surface area contributed by atoms with Crippen LogP contribution in [-0.2, 0) is 4.79 Å². The van der Waals surface area contributed by atoms with Crippen molar-refractivity contribution in [3.8, 4) is 5.75 Å². The summed E-state index contributed by atoms with van der Waals surface area (Å²) in [7, 11) is 1.57. The zero-order chi connectivity index (χ0) is 15.1. The van der Waals surface area contributed by atoms with E-state index in [0.717, 1.165) is 5.03 Å². The number of anilines is 2. The summed E-state index contributed by atoms with van der Waals surface area (Å²) in [4.78, 5) is 16.1. The molecule has 0 bridgehead atoms. The molecule has 2 aromatic rings. The number of hydrogen-bond donors (Lipinski definition) is 2. The van der Waals surface area contributed by atoms with Crippen LogP contribution in [0.15, 0.2) is 47.6 Å². The van der Waals surface area contributed by atoms with Crippen LogP contribution in [0.25, 0.3) is 0 Å². The van der Waals surface area contributed by atoms with Gasteiger partial charge in [-0.15, -0.1) is 11.8 Å². The van der Waals surface area contributed by atoms with E-state index in [-0.39, 0.29) is 5.91 Å². The predicted molar refractivity (Wildman–Crippen MR) is 85.6 cm³/mol. The molecule has 0 aliphatic heterocycles. The molecular formula is C15H17N3O2S. The van der Waals surface area contributed by atoms with Crippen LogP contribution in [-0.4, -0.2) is 23.8 Å². The maximum atomic E-state index is 11.9. The van der Waals surface area contributed by atoms with E-state index in [1.807, 2.05) is 18.2 Å². The molecule has 0 saturated heterocycles. The molecule has 110 valence electrons. The lowest BCUT2D eigenvalue weighted by Gasteiger charge is -2.09. The van der Waals surface area contributed by atoms with E-state index in [4.69, 9.17) is 10.5 Å². The van der Waals surface area contributed by atoms with E-state index < -0.39 is 0 Å². The molecule has 6 heteroatoms. The van der Waals surface area contributed by atoms with Crippen LogP contribution in [0.3, 0.4) is 0 Å². The Morgan fingerprint density at radius 3 is 2.90 bits per heavy atom. The number of amides is 1. The quantitative estimate of drug-likeness (QED) is 0.634. The Balaban J connectivity index is 1.82. The molecular weight excluding hydrogens is 286 g/mol.